The molecule has 1 unspecified atom stereocenters. The number of aromatic nitrogens is 1. The lowest BCUT2D eigenvalue weighted by Gasteiger charge is -2.30. The quantitative estimate of drug-likeness (QED) is 0.146. The monoisotopic (exact) mass is 802 g/mol. The molecule has 1 aliphatic carbocycles. The summed E-state index contributed by atoms with van der Waals surface area (Å²) in [6, 6.07) is 3.72. The van der Waals surface area contributed by atoms with Gasteiger partial charge in [0, 0.05) is 26.1 Å². The largest absolute Gasteiger partial charge is 0.444 e. The van der Waals surface area contributed by atoms with Gasteiger partial charge < -0.3 is 39.4 Å². The van der Waals surface area contributed by atoms with Crippen molar-refractivity contribution in [2.75, 3.05) is 32.4 Å². The summed E-state index contributed by atoms with van der Waals surface area (Å²) in [5, 5.41) is 17.3. The second kappa shape index (κ2) is 19.3. The van der Waals surface area contributed by atoms with E-state index in [0.717, 1.165) is 56.8 Å². The third kappa shape index (κ3) is 12.6. The van der Waals surface area contributed by atoms with Gasteiger partial charge in [-0.25, -0.2) is 27.7 Å². The summed E-state index contributed by atoms with van der Waals surface area (Å²) in [5.74, 6) is -1.24. The van der Waals surface area contributed by atoms with Gasteiger partial charge in [-0.2, -0.15) is 0 Å². The fourth-order valence-corrected chi connectivity index (χ4v) is 8.13. The number of unbranched alkanes of at least 4 members (excludes halogenated alkanes) is 1. The lowest BCUT2D eigenvalue weighted by atomic mass is 10.0. The maximum atomic E-state index is 14.4. The Bertz CT molecular complexity index is 1780. The van der Waals surface area contributed by atoms with Gasteiger partial charge in [-0.3, -0.25) is 9.59 Å². The average Bonchev–Trinajstić information content (AvgIpc) is 3.92. The first kappa shape index (κ1) is 42.9. The van der Waals surface area contributed by atoms with Gasteiger partial charge >= 0.3 is 12.2 Å². The summed E-state index contributed by atoms with van der Waals surface area (Å²) in [6.45, 7) is 6.57. The molecule has 17 heteroatoms. The van der Waals surface area contributed by atoms with Crippen LogP contribution < -0.4 is 15.4 Å². The number of nitrogens with one attached hydrogen (secondary N) is 3. The molecule has 1 saturated carbocycles. The number of amides is 4. The van der Waals surface area contributed by atoms with E-state index in [9.17, 15) is 32.7 Å². The van der Waals surface area contributed by atoms with Crippen molar-refractivity contribution in [3.8, 4) is 0 Å². The van der Waals surface area contributed by atoms with Gasteiger partial charge in [0.2, 0.25) is 27.7 Å². The number of fused-ring (bicyclic) bond motifs is 1. The maximum Gasteiger partial charge on any atom is 0.410 e. The SMILES string of the molecule is CC(C)(C)OC(=O)NCCCC[C@H](NC(=O)[C@@H]1C[C@@H](OC(=O)N2CCCCC2)CN1C(=O)[C@@H](CC=C1CCCC1)NS(C)(=O)=O)C(O)c1nc2ccccc2o1. The minimum absolute atomic E-state index is 0.00608. The number of ether oxygens (including phenoxy) is 2. The highest BCUT2D eigenvalue weighted by atomic mass is 32.2. The van der Waals surface area contributed by atoms with Crippen molar-refractivity contribution in [2.24, 2.45) is 0 Å². The van der Waals surface area contributed by atoms with Gasteiger partial charge in [-0.05, 0) is 104 Å². The molecule has 0 spiro atoms. The van der Waals surface area contributed by atoms with Gasteiger partial charge in [0.05, 0.1) is 18.8 Å². The van der Waals surface area contributed by atoms with Crippen molar-refractivity contribution in [1.29, 1.82) is 0 Å². The van der Waals surface area contributed by atoms with Gasteiger partial charge in [0.25, 0.3) is 0 Å². The molecule has 0 radical (unpaired) electrons. The molecule has 5 rings (SSSR count). The van der Waals surface area contributed by atoms with Crippen molar-refractivity contribution in [3.63, 3.8) is 0 Å². The number of likely N-dealkylation sites (tertiary alicyclic amines) is 2. The minimum Gasteiger partial charge on any atom is -0.444 e. The van der Waals surface area contributed by atoms with Crippen LogP contribution in [0, 0.1) is 0 Å². The van der Waals surface area contributed by atoms with Crippen LogP contribution in [0.4, 0.5) is 9.59 Å². The molecule has 310 valence electrons. The summed E-state index contributed by atoms with van der Waals surface area (Å²) in [5.41, 5.74) is 1.48. The third-order valence-corrected chi connectivity index (χ3v) is 10.9. The van der Waals surface area contributed by atoms with Crippen molar-refractivity contribution >= 4 is 45.1 Å². The van der Waals surface area contributed by atoms with Crippen LogP contribution >= 0.6 is 0 Å². The molecular formula is C39H58N6O10S. The standard InChI is InChI=1S/C39H58N6O10S/c1-39(2,3)55-37(49)40-21-11-10-17-29(33(46)35-42-28-16-8-9-18-32(28)54-35)41-34(47)31-24-27(53-38(50)44-22-12-5-13-23-44)25-45(31)36(48)30(43-56(4,51)52)20-19-26-14-6-7-15-26/h8-9,16,18-19,27,29-31,33,43,46H,5-7,10-15,17,20-25H2,1-4H3,(H,40,49)(H,41,47)/t27-,29+,30-,31+,33?/m1/s1. The number of nitrogens with zero attached hydrogens (tertiary/aromatic N) is 3. The number of aliphatic hydroxyl groups excluding tert-OH is 1. The molecular weight excluding hydrogens is 745 g/mol. The zero-order chi connectivity index (χ0) is 40.5. The van der Waals surface area contributed by atoms with E-state index in [0.29, 0.717) is 37.0 Å². The molecule has 1 aromatic carbocycles. The van der Waals surface area contributed by atoms with E-state index < -0.39 is 70.0 Å². The highest BCUT2D eigenvalue weighted by molar-refractivity contribution is 7.88. The Morgan fingerprint density at radius 2 is 1.77 bits per heavy atom. The smallest absolute Gasteiger partial charge is 0.410 e. The number of piperidine rings is 1. The van der Waals surface area contributed by atoms with Crippen LogP contribution in [0.25, 0.3) is 11.1 Å². The molecule has 4 N–H and O–H groups in total. The third-order valence-electron chi connectivity index (χ3n) is 10.2. The molecule has 16 nitrogen and oxygen atoms in total. The maximum absolute atomic E-state index is 14.4. The molecule has 0 bridgehead atoms. The topological polar surface area (TPSA) is 210 Å². The predicted molar refractivity (Wildman–Crippen MR) is 208 cm³/mol. The molecule has 3 fully saturated rings. The lowest BCUT2D eigenvalue weighted by molar-refractivity contribution is -0.140. The van der Waals surface area contributed by atoms with Crippen LogP contribution in [-0.4, -0.2) is 115 Å². The highest BCUT2D eigenvalue weighted by Gasteiger charge is 2.45. The van der Waals surface area contributed by atoms with Crippen LogP contribution in [0.3, 0.4) is 0 Å². The van der Waals surface area contributed by atoms with Gasteiger partial charge in [0.1, 0.15) is 29.3 Å². The Hall–Kier alpha value is -4.22. The first-order valence-corrected chi connectivity index (χ1v) is 21.7. The number of sulfonamides is 1. The number of carbonyl (C=O) groups is 4. The second-order valence-corrected chi connectivity index (χ2v) is 17.8. The molecule has 1 aromatic heterocycles. The Morgan fingerprint density at radius 1 is 1.05 bits per heavy atom. The lowest BCUT2D eigenvalue weighted by Crippen LogP contribution is -2.55. The number of carbonyl (C=O) groups excluding carboxylic acids is 4. The van der Waals surface area contributed by atoms with Gasteiger partial charge in [-0.15, -0.1) is 0 Å². The van der Waals surface area contributed by atoms with Crippen LogP contribution in [0.1, 0.15) is 110 Å². The predicted octanol–water partition coefficient (Wildman–Crippen LogP) is 4.44. The van der Waals surface area contributed by atoms with Crippen LogP contribution in [-0.2, 0) is 29.1 Å². The molecule has 5 atom stereocenters. The molecule has 56 heavy (non-hydrogen) atoms. The van der Waals surface area contributed by atoms with Crippen molar-refractivity contribution in [1.82, 2.24) is 30.1 Å². The number of rotatable bonds is 15. The average molecular weight is 803 g/mol. The van der Waals surface area contributed by atoms with Crippen LogP contribution in [0.2, 0.25) is 0 Å². The molecule has 4 amide bonds. The van der Waals surface area contributed by atoms with E-state index in [1.807, 2.05) is 6.08 Å². The number of alkyl carbamates (subject to hydrolysis) is 1. The molecule has 3 aliphatic rings. The Labute approximate surface area is 329 Å². The Balaban J connectivity index is 1.36. The van der Waals surface area contributed by atoms with E-state index in [1.165, 1.54) is 4.90 Å². The first-order valence-electron chi connectivity index (χ1n) is 19.8. The number of hydrogen-bond acceptors (Lipinski definition) is 11. The van der Waals surface area contributed by atoms with Crippen LogP contribution in [0.15, 0.2) is 40.3 Å². The van der Waals surface area contributed by atoms with Gasteiger partial charge in [-0.1, -0.05) is 23.8 Å². The van der Waals surface area contributed by atoms with E-state index >= 15 is 0 Å². The number of para-hydroxylation sites is 2. The Kier molecular flexibility index (Phi) is 14.8. The van der Waals surface area contributed by atoms with E-state index in [-0.39, 0.29) is 38.2 Å². The summed E-state index contributed by atoms with van der Waals surface area (Å²) in [4.78, 5) is 61.4. The number of allylic oxidation sites excluding steroid dienone is 1. The van der Waals surface area contributed by atoms with E-state index in [1.54, 1.807) is 49.9 Å². The first-order chi connectivity index (χ1) is 26.6. The van der Waals surface area contributed by atoms with E-state index in [4.69, 9.17) is 13.9 Å². The summed E-state index contributed by atoms with van der Waals surface area (Å²) in [6.07, 6.45) is 7.35. The number of aliphatic hydroxyl groups is 1. The van der Waals surface area contributed by atoms with Gasteiger partial charge in [0.15, 0.2) is 11.7 Å². The second-order valence-electron chi connectivity index (χ2n) is 16.0. The zero-order valence-electron chi connectivity index (χ0n) is 33.0. The van der Waals surface area contributed by atoms with Crippen molar-refractivity contribution < 1.29 is 46.6 Å². The van der Waals surface area contributed by atoms with E-state index in [2.05, 4.69) is 20.3 Å². The molecule has 3 heterocycles. The minimum atomic E-state index is -3.83. The number of oxazole rings is 1. The summed E-state index contributed by atoms with van der Waals surface area (Å²) < 4.78 is 44.5. The van der Waals surface area contributed by atoms with Crippen LogP contribution in [0.5, 0.6) is 0 Å². The fraction of sp³-hybridized carbons (Fsp3) is 0.667. The number of benzene rings is 1. The molecule has 2 aliphatic heterocycles. The summed E-state index contributed by atoms with van der Waals surface area (Å²) >= 11 is 0. The highest BCUT2D eigenvalue weighted by Crippen LogP contribution is 2.29. The Morgan fingerprint density at radius 3 is 2.45 bits per heavy atom. The zero-order valence-corrected chi connectivity index (χ0v) is 33.8. The fourth-order valence-electron chi connectivity index (χ4n) is 7.41. The van der Waals surface area contributed by atoms with Crippen molar-refractivity contribution in [2.45, 2.75) is 134 Å². The summed E-state index contributed by atoms with van der Waals surface area (Å²) in [7, 11) is -3.83. The normalized spacial score (nSPS) is 20.7. The van der Waals surface area contributed by atoms with Crippen molar-refractivity contribution in [3.05, 3.63) is 41.8 Å². The molecule has 2 aromatic rings. The number of hydrogen-bond donors (Lipinski definition) is 4. The molecule has 2 saturated heterocycles.